The van der Waals surface area contributed by atoms with Crippen molar-refractivity contribution in [3.05, 3.63) is 70.7 Å². The van der Waals surface area contributed by atoms with Crippen molar-refractivity contribution in [2.75, 3.05) is 18.1 Å². The molecule has 336 valence electrons. The summed E-state index contributed by atoms with van der Waals surface area (Å²) in [6.45, 7) is 7.85. The highest BCUT2D eigenvalue weighted by Gasteiger charge is 2.47. The molecular weight excluding hydrogens is 836 g/mol. The van der Waals surface area contributed by atoms with E-state index in [0.717, 1.165) is 30.4 Å². The molecule has 3 aromatic rings. The standard InChI is InChI=1S/C40H51F4N5O4S.C2HF3O2/c1-5-23(3)33(36(51)45-22-25-15-18-54-19-16-25)48-38(53)39(17-14-31-28(21-39)27-11-9-12-29(35(27)46-31)40(42,43)44)49-37(52)34(24(4)6-2)47-32(50)20-26-10-7-8-13-30(26)41;3-2(4,5)1(6)7/h7-13,23-25,33-34,46H,5-6,14-22H2,1-4H3,(H,45,51)(H,47,50)(H,48,53)(H,49,52);(H,6,7)/t23?,24?,33-,34-,39+;/m0./s1. The van der Waals surface area contributed by atoms with E-state index in [4.69, 9.17) is 9.90 Å². The van der Waals surface area contributed by atoms with E-state index in [9.17, 15) is 49.9 Å². The number of hydrogen-bond acceptors (Lipinski definition) is 6. The molecule has 1 fully saturated rings. The molecule has 0 bridgehead atoms. The van der Waals surface area contributed by atoms with Crippen molar-refractivity contribution in [1.82, 2.24) is 26.3 Å². The molecule has 1 aliphatic heterocycles. The van der Waals surface area contributed by atoms with Crippen molar-refractivity contribution in [2.45, 2.75) is 109 Å². The molecular formula is C42H52F7N5O6S. The largest absolute Gasteiger partial charge is 0.490 e. The summed E-state index contributed by atoms with van der Waals surface area (Å²) < 4.78 is 88.4. The number of aromatic nitrogens is 1. The maximum absolute atomic E-state index is 14.7. The summed E-state index contributed by atoms with van der Waals surface area (Å²) in [6.07, 6.45) is -7.05. The van der Waals surface area contributed by atoms with Crippen LogP contribution in [0.25, 0.3) is 10.9 Å². The quantitative estimate of drug-likeness (QED) is 0.0961. The lowest BCUT2D eigenvalue weighted by Gasteiger charge is -2.40. The zero-order valence-electron chi connectivity index (χ0n) is 34.2. The van der Waals surface area contributed by atoms with Gasteiger partial charge in [0.2, 0.25) is 23.6 Å². The SMILES string of the molecule is CCC(C)[C@H](NC(=O)Cc1ccccc1F)C(=O)N[C@]1(C(=O)N[C@H](C(=O)NCC2CCSCC2)C(C)CC)CCc2[nH]c3c(C(F)(F)F)cccc3c2C1.O=C(O)C(F)(F)F. The number of amides is 4. The fraction of sp³-hybridized carbons (Fsp3) is 0.548. The van der Waals surface area contributed by atoms with Gasteiger partial charge in [-0.05, 0) is 78.2 Å². The number of alkyl halides is 6. The molecule has 2 heterocycles. The van der Waals surface area contributed by atoms with Crippen LogP contribution in [0.15, 0.2) is 42.5 Å². The molecule has 0 saturated carbocycles. The molecule has 6 N–H and O–H groups in total. The third kappa shape index (κ3) is 12.6. The maximum Gasteiger partial charge on any atom is 0.490 e. The predicted molar refractivity (Wildman–Crippen MR) is 216 cm³/mol. The third-order valence-corrected chi connectivity index (χ3v) is 12.5. The molecule has 0 spiro atoms. The molecule has 2 unspecified atom stereocenters. The van der Waals surface area contributed by atoms with Gasteiger partial charge in [-0.2, -0.15) is 38.1 Å². The van der Waals surface area contributed by atoms with Crippen LogP contribution in [0.2, 0.25) is 0 Å². The van der Waals surface area contributed by atoms with Gasteiger partial charge >= 0.3 is 18.3 Å². The maximum atomic E-state index is 14.7. The number of aryl methyl sites for hydroxylation is 1. The number of fused-ring (bicyclic) bond motifs is 3. The second kappa shape index (κ2) is 20.8. The number of rotatable bonds is 14. The van der Waals surface area contributed by atoms with E-state index in [1.165, 1.54) is 24.3 Å². The summed E-state index contributed by atoms with van der Waals surface area (Å²) >= 11 is 1.88. The van der Waals surface area contributed by atoms with Gasteiger partial charge in [-0.1, -0.05) is 70.9 Å². The Bertz CT molecular complexity index is 2040. The lowest BCUT2D eigenvalue weighted by Crippen LogP contribution is -2.67. The fourth-order valence-electron chi connectivity index (χ4n) is 7.41. The second-order valence-corrected chi connectivity index (χ2v) is 16.9. The fourth-order valence-corrected chi connectivity index (χ4v) is 8.61. The first-order valence-corrected chi connectivity index (χ1v) is 21.3. The van der Waals surface area contributed by atoms with E-state index in [0.29, 0.717) is 36.6 Å². The molecule has 1 aliphatic carbocycles. The van der Waals surface area contributed by atoms with Gasteiger partial charge in [0.15, 0.2) is 0 Å². The van der Waals surface area contributed by atoms with E-state index < -0.39 is 71.0 Å². The lowest BCUT2D eigenvalue weighted by atomic mass is 9.78. The predicted octanol–water partition coefficient (Wildman–Crippen LogP) is 6.87. The summed E-state index contributed by atoms with van der Waals surface area (Å²) in [5.41, 5.74) is -1.49. The summed E-state index contributed by atoms with van der Waals surface area (Å²) in [6, 6.07) is 7.63. The van der Waals surface area contributed by atoms with Crippen molar-refractivity contribution < 1.29 is 59.8 Å². The molecule has 0 radical (unpaired) electrons. The zero-order chi connectivity index (χ0) is 45.3. The highest BCUT2D eigenvalue weighted by Crippen LogP contribution is 2.40. The number of para-hydroxylation sites is 1. The Balaban J connectivity index is 0.00000107. The minimum atomic E-state index is -5.08. The molecule has 61 heavy (non-hydrogen) atoms. The highest BCUT2D eigenvalue weighted by atomic mass is 32.2. The molecule has 5 atom stereocenters. The normalized spacial score (nSPS) is 18.9. The molecule has 11 nitrogen and oxygen atoms in total. The van der Waals surface area contributed by atoms with Gasteiger partial charge in [0, 0.05) is 24.0 Å². The first kappa shape index (κ1) is 48.9. The first-order valence-electron chi connectivity index (χ1n) is 20.1. The van der Waals surface area contributed by atoms with Gasteiger partial charge in [0.25, 0.3) is 0 Å². The number of halogens is 7. The molecule has 2 aliphatic rings. The average Bonchev–Trinajstić information content (AvgIpc) is 3.58. The number of hydrogen-bond donors (Lipinski definition) is 6. The second-order valence-electron chi connectivity index (χ2n) is 15.7. The Morgan fingerprint density at radius 1 is 0.885 bits per heavy atom. The number of carboxylic acids is 1. The number of thioether (sulfide) groups is 1. The number of carboxylic acid groups (broad SMARTS) is 1. The number of benzene rings is 2. The Hall–Kier alpha value is -4.81. The molecule has 4 amide bonds. The highest BCUT2D eigenvalue weighted by molar-refractivity contribution is 7.99. The van der Waals surface area contributed by atoms with E-state index in [1.807, 2.05) is 32.5 Å². The monoisotopic (exact) mass is 887 g/mol. The lowest BCUT2D eigenvalue weighted by molar-refractivity contribution is -0.192. The Kier molecular flexibility index (Phi) is 16.7. The number of carbonyl (C=O) groups excluding carboxylic acids is 4. The Labute approximate surface area is 353 Å². The molecule has 5 rings (SSSR count). The van der Waals surface area contributed by atoms with Crippen LogP contribution in [-0.2, 0) is 49.4 Å². The number of aliphatic carboxylic acids is 1. The van der Waals surface area contributed by atoms with Gasteiger partial charge in [0.1, 0.15) is 23.4 Å². The van der Waals surface area contributed by atoms with Crippen LogP contribution in [0.5, 0.6) is 0 Å². The van der Waals surface area contributed by atoms with Crippen molar-refractivity contribution in [3.63, 3.8) is 0 Å². The average molecular weight is 888 g/mol. The van der Waals surface area contributed by atoms with Crippen LogP contribution in [0.1, 0.15) is 82.2 Å². The zero-order valence-corrected chi connectivity index (χ0v) is 35.1. The number of aromatic amines is 1. The van der Waals surface area contributed by atoms with E-state index in [2.05, 4.69) is 26.3 Å². The molecule has 1 saturated heterocycles. The van der Waals surface area contributed by atoms with Crippen LogP contribution >= 0.6 is 11.8 Å². The third-order valence-electron chi connectivity index (χ3n) is 11.5. The smallest absolute Gasteiger partial charge is 0.475 e. The van der Waals surface area contributed by atoms with Crippen molar-refractivity contribution in [3.8, 4) is 0 Å². The van der Waals surface area contributed by atoms with Crippen molar-refractivity contribution in [2.24, 2.45) is 17.8 Å². The molecule has 2 aromatic carbocycles. The summed E-state index contributed by atoms with van der Waals surface area (Å²) in [5, 5.41) is 19.1. The topological polar surface area (TPSA) is 169 Å². The van der Waals surface area contributed by atoms with Gasteiger partial charge in [-0.25, -0.2) is 9.18 Å². The van der Waals surface area contributed by atoms with Gasteiger partial charge in [-0.3, -0.25) is 19.2 Å². The van der Waals surface area contributed by atoms with Crippen LogP contribution in [0.4, 0.5) is 30.7 Å². The number of carbonyl (C=O) groups is 5. The summed E-state index contributed by atoms with van der Waals surface area (Å²) in [7, 11) is 0. The summed E-state index contributed by atoms with van der Waals surface area (Å²) in [5.74, 6) is -3.86. The number of nitrogens with one attached hydrogen (secondary N) is 5. The van der Waals surface area contributed by atoms with Crippen molar-refractivity contribution >= 4 is 52.3 Å². The Morgan fingerprint density at radius 3 is 2.07 bits per heavy atom. The molecule has 1 aromatic heterocycles. The molecule has 19 heteroatoms. The summed E-state index contributed by atoms with van der Waals surface area (Å²) in [4.78, 5) is 67.9. The van der Waals surface area contributed by atoms with E-state index in [-0.39, 0.29) is 54.0 Å². The minimum Gasteiger partial charge on any atom is -0.475 e. The van der Waals surface area contributed by atoms with Gasteiger partial charge in [0.05, 0.1) is 17.5 Å². The van der Waals surface area contributed by atoms with Crippen LogP contribution in [0, 0.1) is 23.6 Å². The van der Waals surface area contributed by atoms with E-state index >= 15 is 0 Å². The van der Waals surface area contributed by atoms with Gasteiger partial charge in [-0.15, -0.1) is 0 Å². The number of H-pyrrole nitrogens is 1. The van der Waals surface area contributed by atoms with Crippen LogP contribution < -0.4 is 21.3 Å². The van der Waals surface area contributed by atoms with Crippen LogP contribution in [0.3, 0.4) is 0 Å². The van der Waals surface area contributed by atoms with Crippen molar-refractivity contribution in [1.29, 1.82) is 0 Å². The van der Waals surface area contributed by atoms with E-state index in [1.54, 1.807) is 19.1 Å². The van der Waals surface area contributed by atoms with Crippen LogP contribution in [-0.4, -0.2) is 81.5 Å². The Morgan fingerprint density at radius 2 is 1.49 bits per heavy atom. The minimum absolute atomic E-state index is 0.0106. The first-order chi connectivity index (χ1) is 28.6. The van der Waals surface area contributed by atoms with Gasteiger partial charge < -0.3 is 31.4 Å².